The van der Waals surface area contributed by atoms with Crippen LogP contribution in [0.4, 0.5) is 0 Å². The van der Waals surface area contributed by atoms with Crippen LogP contribution in [0.5, 0.6) is 0 Å². The fraction of sp³-hybridized carbons (Fsp3) is 0.900. The van der Waals surface area contributed by atoms with Gasteiger partial charge in [-0.3, -0.25) is 4.79 Å². The first kappa shape index (κ1) is 9.00. The molecule has 1 heterocycles. The molecule has 2 aliphatic rings. The summed E-state index contributed by atoms with van der Waals surface area (Å²) in [5, 5.41) is 0. The lowest BCUT2D eigenvalue weighted by atomic mass is 9.92. The van der Waals surface area contributed by atoms with Crippen molar-refractivity contribution >= 4 is 5.91 Å². The Hall–Kier alpha value is -0.570. The molecule has 2 rings (SSSR count). The molecule has 3 nitrogen and oxygen atoms in total. The number of fused-ring (bicyclic) bond motifs is 1. The van der Waals surface area contributed by atoms with E-state index in [4.69, 9.17) is 0 Å². The van der Waals surface area contributed by atoms with E-state index in [0.717, 1.165) is 12.5 Å². The number of amides is 1. The third-order valence-electron chi connectivity index (χ3n) is 3.22. The second-order valence-corrected chi connectivity index (χ2v) is 4.54. The molecule has 74 valence electrons. The van der Waals surface area contributed by atoms with E-state index >= 15 is 0 Å². The predicted octanol–water partition coefficient (Wildman–Crippen LogP) is 0.559. The Bertz CT molecular complexity index is 215. The molecule has 1 aliphatic carbocycles. The minimum atomic E-state index is 0.313. The van der Waals surface area contributed by atoms with Gasteiger partial charge in [0.2, 0.25) is 5.91 Å². The van der Waals surface area contributed by atoms with E-state index in [1.165, 1.54) is 19.3 Å². The van der Waals surface area contributed by atoms with Crippen LogP contribution in [0.1, 0.15) is 19.3 Å². The number of nitrogens with zero attached hydrogens (tertiary/aromatic N) is 2. The van der Waals surface area contributed by atoms with E-state index in [9.17, 15) is 4.79 Å². The van der Waals surface area contributed by atoms with Crippen LogP contribution in [0.3, 0.4) is 0 Å². The Kier molecular flexibility index (Phi) is 2.28. The first-order valence-corrected chi connectivity index (χ1v) is 5.12. The number of carbonyl (C=O) groups is 1. The molecule has 0 spiro atoms. The number of rotatable bonds is 2. The van der Waals surface area contributed by atoms with Crippen molar-refractivity contribution < 1.29 is 4.79 Å². The van der Waals surface area contributed by atoms with Crippen LogP contribution in [0.15, 0.2) is 0 Å². The van der Waals surface area contributed by atoms with Crippen LogP contribution in [-0.2, 0) is 4.79 Å². The van der Waals surface area contributed by atoms with Crippen molar-refractivity contribution in [1.29, 1.82) is 0 Å². The molecule has 1 amide bonds. The Morgan fingerprint density at radius 2 is 2.23 bits per heavy atom. The summed E-state index contributed by atoms with van der Waals surface area (Å²) >= 11 is 0. The Labute approximate surface area is 79.7 Å². The third-order valence-corrected chi connectivity index (χ3v) is 3.22. The summed E-state index contributed by atoms with van der Waals surface area (Å²) in [5.74, 6) is 1.15. The monoisotopic (exact) mass is 182 g/mol. The predicted molar refractivity (Wildman–Crippen MR) is 51.4 cm³/mol. The molecule has 2 atom stereocenters. The first-order chi connectivity index (χ1) is 6.18. The van der Waals surface area contributed by atoms with Gasteiger partial charge in [0.05, 0.1) is 6.54 Å². The van der Waals surface area contributed by atoms with Crippen LogP contribution in [0.25, 0.3) is 0 Å². The maximum absolute atomic E-state index is 11.7. The van der Waals surface area contributed by atoms with Crippen molar-refractivity contribution in [3.63, 3.8) is 0 Å². The van der Waals surface area contributed by atoms with Gasteiger partial charge >= 0.3 is 0 Å². The summed E-state index contributed by atoms with van der Waals surface area (Å²) < 4.78 is 0. The molecule has 0 aromatic carbocycles. The lowest BCUT2D eigenvalue weighted by Gasteiger charge is -2.45. The molecule has 0 aromatic rings. The molecule has 1 saturated carbocycles. The quantitative estimate of drug-likeness (QED) is 0.623. The van der Waals surface area contributed by atoms with Crippen LogP contribution in [-0.4, -0.2) is 48.9 Å². The summed E-state index contributed by atoms with van der Waals surface area (Å²) in [6.07, 6.45) is 3.90. The second kappa shape index (κ2) is 3.29. The van der Waals surface area contributed by atoms with Gasteiger partial charge in [0.15, 0.2) is 0 Å². The topological polar surface area (TPSA) is 23.6 Å². The van der Waals surface area contributed by atoms with Crippen LogP contribution in [0, 0.1) is 5.92 Å². The minimum Gasteiger partial charge on any atom is -0.338 e. The van der Waals surface area contributed by atoms with Gasteiger partial charge in [0.25, 0.3) is 0 Å². The fourth-order valence-electron chi connectivity index (χ4n) is 2.54. The molecule has 0 bridgehead atoms. The Morgan fingerprint density at radius 1 is 1.46 bits per heavy atom. The lowest BCUT2D eigenvalue weighted by molar-refractivity contribution is -0.142. The standard InChI is InChI=1S/C10H18N2O/c1-11(2)7-10(13)12-6-8-4-3-5-9(8)12/h8-9H,3-7H2,1-2H3. The van der Waals surface area contributed by atoms with E-state index in [-0.39, 0.29) is 0 Å². The maximum atomic E-state index is 11.7. The highest BCUT2D eigenvalue weighted by Gasteiger charge is 2.44. The number of likely N-dealkylation sites (tertiary alicyclic amines) is 1. The zero-order valence-corrected chi connectivity index (χ0v) is 8.49. The van der Waals surface area contributed by atoms with Crippen molar-refractivity contribution in [2.75, 3.05) is 27.2 Å². The van der Waals surface area contributed by atoms with Gasteiger partial charge in [0, 0.05) is 12.6 Å². The van der Waals surface area contributed by atoms with E-state index in [1.54, 1.807) is 0 Å². The zero-order valence-electron chi connectivity index (χ0n) is 8.49. The zero-order chi connectivity index (χ0) is 9.42. The molecule has 3 heteroatoms. The Morgan fingerprint density at radius 3 is 2.85 bits per heavy atom. The van der Waals surface area contributed by atoms with E-state index in [1.807, 2.05) is 19.0 Å². The SMILES string of the molecule is CN(C)CC(=O)N1CC2CCCC21. The summed E-state index contributed by atoms with van der Waals surface area (Å²) in [6, 6.07) is 0.604. The highest BCUT2D eigenvalue weighted by molar-refractivity contribution is 5.79. The van der Waals surface area contributed by atoms with E-state index < -0.39 is 0 Å². The average molecular weight is 182 g/mol. The van der Waals surface area contributed by atoms with E-state index in [2.05, 4.69) is 4.90 Å². The molecule has 0 aromatic heterocycles. The third kappa shape index (κ3) is 1.57. The van der Waals surface area contributed by atoms with Crippen LogP contribution >= 0.6 is 0 Å². The van der Waals surface area contributed by atoms with Gasteiger partial charge in [-0.2, -0.15) is 0 Å². The lowest BCUT2D eigenvalue weighted by Crippen LogP contribution is -2.57. The van der Waals surface area contributed by atoms with Gasteiger partial charge in [-0.25, -0.2) is 0 Å². The number of hydrogen-bond donors (Lipinski definition) is 0. The van der Waals surface area contributed by atoms with Crippen molar-refractivity contribution in [2.45, 2.75) is 25.3 Å². The summed E-state index contributed by atoms with van der Waals surface area (Å²) in [7, 11) is 3.90. The Balaban J connectivity index is 1.85. The normalized spacial score (nSPS) is 31.8. The average Bonchev–Trinajstić information content (AvgIpc) is 2.30. The van der Waals surface area contributed by atoms with Crippen LogP contribution in [0.2, 0.25) is 0 Å². The van der Waals surface area contributed by atoms with Crippen molar-refractivity contribution in [1.82, 2.24) is 9.80 Å². The molecular formula is C10H18N2O. The molecule has 1 aliphatic heterocycles. The molecule has 2 unspecified atom stereocenters. The van der Waals surface area contributed by atoms with Gasteiger partial charge < -0.3 is 9.80 Å². The maximum Gasteiger partial charge on any atom is 0.236 e. The highest BCUT2D eigenvalue weighted by Crippen LogP contribution is 2.38. The van der Waals surface area contributed by atoms with Gasteiger partial charge in [-0.05, 0) is 32.9 Å². The molecule has 13 heavy (non-hydrogen) atoms. The first-order valence-electron chi connectivity index (χ1n) is 5.12. The minimum absolute atomic E-state index is 0.313. The number of likely N-dealkylation sites (N-methyl/N-ethyl adjacent to an activating group) is 1. The van der Waals surface area contributed by atoms with Gasteiger partial charge in [-0.1, -0.05) is 6.42 Å². The summed E-state index contributed by atoms with van der Waals surface area (Å²) in [5.41, 5.74) is 0. The van der Waals surface area contributed by atoms with Gasteiger partial charge in [-0.15, -0.1) is 0 Å². The number of carbonyl (C=O) groups excluding carboxylic acids is 1. The molecule has 1 saturated heterocycles. The summed E-state index contributed by atoms with van der Waals surface area (Å²) in [6.45, 7) is 1.60. The largest absolute Gasteiger partial charge is 0.338 e. The molecule has 0 N–H and O–H groups in total. The van der Waals surface area contributed by atoms with E-state index in [0.29, 0.717) is 18.5 Å². The fourth-order valence-corrected chi connectivity index (χ4v) is 2.54. The summed E-state index contributed by atoms with van der Waals surface area (Å²) in [4.78, 5) is 15.7. The highest BCUT2D eigenvalue weighted by atomic mass is 16.2. The molecule has 2 fully saturated rings. The molecule has 0 radical (unpaired) electrons. The van der Waals surface area contributed by atoms with Gasteiger partial charge in [0.1, 0.15) is 0 Å². The number of hydrogen-bond acceptors (Lipinski definition) is 2. The smallest absolute Gasteiger partial charge is 0.236 e. The molecular weight excluding hydrogens is 164 g/mol. The van der Waals surface area contributed by atoms with Crippen molar-refractivity contribution in [2.24, 2.45) is 5.92 Å². The van der Waals surface area contributed by atoms with Crippen LogP contribution < -0.4 is 0 Å². The van der Waals surface area contributed by atoms with Crippen molar-refractivity contribution in [3.05, 3.63) is 0 Å². The van der Waals surface area contributed by atoms with Crippen molar-refractivity contribution in [3.8, 4) is 0 Å². The second-order valence-electron chi connectivity index (χ2n) is 4.54.